The van der Waals surface area contributed by atoms with Crippen LogP contribution in [0.4, 0.5) is 4.39 Å². The first-order chi connectivity index (χ1) is 11.3. The van der Waals surface area contributed by atoms with E-state index >= 15 is 0 Å². The summed E-state index contributed by atoms with van der Waals surface area (Å²) in [5.41, 5.74) is 7.04. The lowest BCUT2D eigenvalue weighted by molar-refractivity contribution is 0.171. The van der Waals surface area contributed by atoms with E-state index in [0.717, 1.165) is 5.56 Å². The number of nitrogens with two attached hydrogens (primary N) is 1. The fraction of sp³-hybridized carbons (Fsp3) is 0.333. The third-order valence-electron chi connectivity index (χ3n) is 4.61. The third kappa shape index (κ3) is 2.75. The molecule has 0 spiro atoms. The number of rotatable bonds is 5. The molecule has 0 amide bonds. The van der Waals surface area contributed by atoms with E-state index in [1.165, 1.54) is 19.2 Å². The van der Waals surface area contributed by atoms with Crippen LogP contribution in [0.1, 0.15) is 17.0 Å². The van der Waals surface area contributed by atoms with Gasteiger partial charge in [-0.2, -0.15) is 0 Å². The molecular weight excluding hydrogens is 329 g/mol. The molecular formula is C18H20FNO3S. The van der Waals surface area contributed by atoms with Gasteiger partial charge in [-0.15, -0.1) is 0 Å². The number of aryl methyl sites for hydroxylation is 1. The highest BCUT2D eigenvalue weighted by Gasteiger charge is 2.69. The SMILES string of the molecule is COCC1(N)C(c2ccc(F)cc2)C1S(=O)(=O)c1ccc(C)cc1. The summed E-state index contributed by atoms with van der Waals surface area (Å²) < 4.78 is 44.4. The fourth-order valence-electron chi connectivity index (χ4n) is 3.34. The molecule has 6 heteroatoms. The Hall–Kier alpha value is -1.76. The largest absolute Gasteiger partial charge is 0.383 e. The number of benzene rings is 2. The number of halogens is 1. The Labute approximate surface area is 141 Å². The van der Waals surface area contributed by atoms with Crippen molar-refractivity contribution in [1.29, 1.82) is 0 Å². The maximum atomic E-state index is 13.2. The van der Waals surface area contributed by atoms with Gasteiger partial charge in [0.25, 0.3) is 0 Å². The molecule has 1 aliphatic rings. The van der Waals surface area contributed by atoms with E-state index < -0.39 is 26.5 Å². The highest BCUT2D eigenvalue weighted by molar-refractivity contribution is 7.92. The van der Waals surface area contributed by atoms with Crippen molar-refractivity contribution in [2.45, 2.75) is 28.5 Å². The lowest BCUT2D eigenvalue weighted by Gasteiger charge is -2.11. The number of ether oxygens (including phenoxy) is 1. The molecule has 1 aliphatic carbocycles. The van der Waals surface area contributed by atoms with Crippen molar-refractivity contribution in [3.63, 3.8) is 0 Å². The number of methoxy groups -OCH3 is 1. The first-order valence-corrected chi connectivity index (χ1v) is 9.19. The van der Waals surface area contributed by atoms with Crippen molar-refractivity contribution in [3.8, 4) is 0 Å². The van der Waals surface area contributed by atoms with E-state index in [0.29, 0.717) is 5.56 Å². The molecule has 0 aliphatic heterocycles. The smallest absolute Gasteiger partial charge is 0.183 e. The molecule has 0 aromatic heterocycles. The van der Waals surface area contributed by atoms with Gasteiger partial charge in [0.15, 0.2) is 9.84 Å². The van der Waals surface area contributed by atoms with Gasteiger partial charge in [0, 0.05) is 13.0 Å². The van der Waals surface area contributed by atoms with Crippen molar-refractivity contribution in [1.82, 2.24) is 0 Å². The zero-order valence-electron chi connectivity index (χ0n) is 13.6. The zero-order valence-corrected chi connectivity index (χ0v) is 14.4. The van der Waals surface area contributed by atoms with Crippen LogP contribution in [-0.2, 0) is 14.6 Å². The van der Waals surface area contributed by atoms with Gasteiger partial charge in [0.1, 0.15) is 5.82 Å². The minimum absolute atomic E-state index is 0.116. The Morgan fingerprint density at radius 2 is 1.71 bits per heavy atom. The van der Waals surface area contributed by atoms with E-state index in [1.54, 1.807) is 36.4 Å². The topological polar surface area (TPSA) is 69.4 Å². The van der Waals surface area contributed by atoms with Gasteiger partial charge in [-0.3, -0.25) is 0 Å². The van der Waals surface area contributed by atoms with E-state index in [1.807, 2.05) is 6.92 Å². The van der Waals surface area contributed by atoms with Crippen LogP contribution in [0.2, 0.25) is 0 Å². The van der Waals surface area contributed by atoms with Crippen molar-refractivity contribution in [3.05, 3.63) is 65.5 Å². The Balaban J connectivity index is 2.01. The molecule has 0 bridgehead atoms. The number of hydrogen-bond donors (Lipinski definition) is 1. The van der Waals surface area contributed by atoms with Crippen molar-refractivity contribution in [2.24, 2.45) is 5.73 Å². The summed E-state index contributed by atoms with van der Waals surface area (Å²) in [7, 11) is -2.13. The van der Waals surface area contributed by atoms with Crippen LogP contribution in [0.5, 0.6) is 0 Å². The molecule has 24 heavy (non-hydrogen) atoms. The van der Waals surface area contributed by atoms with Gasteiger partial charge in [-0.25, -0.2) is 12.8 Å². The van der Waals surface area contributed by atoms with E-state index in [9.17, 15) is 12.8 Å². The van der Waals surface area contributed by atoms with Crippen molar-refractivity contribution >= 4 is 9.84 Å². The minimum atomic E-state index is -3.62. The summed E-state index contributed by atoms with van der Waals surface area (Å²) in [4.78, 5) is 0.244. The summed E-state index contributed by atoms with van der Waals surface area (Å²) >= 11 is 0. The molecule has 3 atom stereocenters. The quantitative estimate of drug-likeness (QED) is 0.900. The fourth-order valence-corrected chi connectivity index (χ4v) is 5.63. The first-order valence-electron chi connectivity index (χ1n) is 7.64. The lowest BCUT2D eigenvalue weighted by atomic mass is 10.1. The zero-order chi connectivity index (χ0) is 17.5. The predicted octanol–water partition coefficient (Wildman–Crippen LogP) is 2.42. The van der Waals surface area contributed by atoms with Gasteiger partial charge >= 0.3 is 0 Å². The lowest BCUT2D eigenvalue weighted by Crippen LogP contribution is -2.35. The van der Waals surface area contributed by atoms with Gasteiger partial charge in [-0.05, 0) is 36.8 Å². The van der Waals surface area contributed by atoms with Crippen LogP contribution in [0.25, 0.3) is 0 Å². The average molecular weight is 349 g/mol. The molecule has 4 nitrogen and oxygen atoms in total. The summed E-state index contributed by atoms with van der Waals surface area (Å²) in [6.07, 6.45) is 0. The first kappa shape index (κ1) is 17.1. The van der Waals surface area contributed by atoms with E-state index in [-0.39, 0.29) is 17.3 Å². The number of hydrogen-bond acceptors (Lipinski definition) is 4. The van der Waals surface area contributed by atoms with Crippen LogP contribution in [-0.4, -0.2) is 32.9 Å². The summed E-state index contributed by atoms with van der Waals surface area (Å²) in [6, 6.07) is 12.5. The maximum absolute atomic E-state index is 13.2. The Kier molecular flexibility index (Phi) is 4.23. The highest BCUT2D eigenvalue weighted by atomic mass is 32.2. The van der Waals surface area contributed by atoms with Gasteiger partial charge in [0.05, 0.1) is 22.3 Å². The Morgan fingerprint density at radius 3 is 2.25 bits per heavy atom. The van der Waals surface area contributed by atoms with Gasteiger partial charge in [-0.1, -0.05) is 29.8 Å². The van der Waals surface area contributed by atoms with Crippen LogP contribution < -0.4 is 5.73 Å². The second-order valence-corrected chi connectivity index (χ2v) is 8.42. The summed E-state index contributed by atoms with van der Waals surface area (Å²) in [5, 5.41) is -0.793. The molecule has 1 fully saturated rings. The minimum Gasteiger partial charge on any atom is -0.383 e. The predicted molar refractivity (Wildman–Crippen MR) is 90.1 cm³/mol. The van der Waals surface area contributed by atoms with Gasteiger partial charge < -0.3 is 10.5 Å². The van der Waals surface area contributed by atoms with Crippen LogP contribution in [0.3, 0.4) is 0 Å². The molecule has 128 valence electrons. The number of sulfone groups is 1. The molecule has 2 N–H and O–H groups in total. The monoisotopic (exact) mass is 349 g/mol. The molecule has 0 heterocycles. The standard InChI is InChI=1S/C18H20FNO3S/c1-12-3-9-15(10-4-12)24(21,22)17-16(18(17,20)11-23-2)13-5-7-14(19)8-6-13/h3-10,16-17H,11,20H2,1-2H3. The molecule has 0 saturated heterocycles. The van der Waals surface area contributed by atoms with E-state index in [2.05, 4.69) is 0 Å². The molecule has 3 unspecified atom stereocenters. The Bertz CT molecular complexity index is 834. The normalized spacial score (nSPS) is 26.3. The molecule has 2 aromatic rings. The maximum Gasteiger partial charge on any atom is 0.183 e. The third-order valence-corrected chi connectivity index (χ3v) is 6.92. The van der Waals surface area contributed by atoms with Crippen LogP contribution in [0, 0.1) is 12.7 Å². The summed E-state index contributed by atoms with van der Waals surface area (Å²) in [6.45, 7) is 2.01. The van der Waals surface area contributed by atoms with Crippen LogP contribution >= 0.6 is 0 Å². The van der Waals surface area contributed by atoms with Gasteiger partial charge in [0.2, 0.25) is 0 Å². The Morgan fingerprint density at radius 1 is 1.12 bits per heavy atom. The second kappa shape index (κ2) is 5.95. The average Bonchev–Trinajstić information content (AvgIpc) is 3.15. The molecule has 1 saturated carbocycles. The van der Waals surface area contributed by atoms with Crippen molar-refractivity contribution in [2.75, 3.05) is 13.7 Å². The second-order valence-electron chi connectivity index (χ2n) is 6.35. The van der Waals surface area contributed by atoms with E-state index in [4.69, 9.17) is 10.5 Å². The molecule has 0 radical (unpaired) electrons. The highest BCUT2D eigenvalue weighted by Crippen LogP contribution is 2.55. The van der Waals surface area contributed by atoms with Crippen molar-refractivity contribution < 1.29 is 17.5 Å². The molecule has 3 rings (SSSR count). The van der Waals surface area contributed by atoms with Crippen LogP contribution in [0.15, 0.2) is 53.4 Å². The molecule has 2 aromatic carbocycles. The summed E-state index contributed by atoms with van der Waals surface area (Å²) in [5.74, 6) is -0.795.